The molecule has 1 aromatic carbocycles. The zero-order valence-corrected chi connectivity index (χ0v) is 11.3. The van der Waals surface area contributed by atoms with E-state index < -0.39 is 5.97 Å². The highest BCUT2D eigenvalue weighted by Crippen LogP contribution is 2.28. The van der Waals surface area contributed by atoms with Gasteiger partial charge < -0.3 is 10.1 Å². The number of aromatic nitrogens is 2. The van der Waals surface area contributed by atoms with Gasteiger partial charge in [-0.2, -0.15) is 0 Å². The number of carboxylic acid groups (broad SMARTS) is 1. The number of benzene rings is 1. The van der Waals surface area contributed by atoms with Gasteiger partial charge in [-0.25, -0.2) is 9.59 Å². The van der Waals surface area contributed by atoms with Crippen LogP contribution in [-0.4, -0.2) is 20.6 Å². The van der Waals surface area contributed by atoms with E-state index in [9.17, 15) is 9.59 Å². The van der Waals surface area contributed by atoms with E-state index in [0.717, 1.165) is 25.7 Å². The van der Waals surface area contributed by atoms with E-state index in [1.54, 1.807) is 16.7 Å². The molecule has 20 heavy (non-hydrogen) atoms. The third-order valence-electron chi connectivity index (χ3n) is 4.15. The molecule has 1 saturated carbocycles. The first kappa shape index (κ1) is 13.0. The Morgan fingerprint density at radius 2 is 1.90 bits per heavy atom. The lowest BCUT2D eigenvalue weighted by molar-refractivity contribution is 0.0697. The van der Waals surface area contributed by atoms with Crippen LogP contribution in [0.5, 0.6) is 0 Å². The number of aromatic amines is 1. The van der Waals surface area contributed by atoms with Gasteiger partial charge in [0.15, 0.2) is 0 Å². The van der Waals surface area contributed by atoms with Crippen molar-refractivity contribution in [1.82, 2.24) is 9.55 Å². The van der Waals surface area contributed by atoms with Crippen molar-refractivity contribution in [2.45, 2.75) is 44.6 Å². The van der Waals surface area contributed by atoms with Crippen molar-refractivity contribution in [3.8, 4) is 0 Å². The summed E-state index contributed by atoms with van der Waals surface area (Å²) in [5.41, 5.74) is 1.51. The van der Waals surface area contributed by atoms with Crippen LogP contribution in [0.3, 0.4) is 0 Å². The number of nitrogens with one attached hydrogen (secondary N) is 1. The quantitative estimate of drug-likeness (QED) is 0.827. The van der Waals surface area contributed by atoms with Crippen molar-refractivity contribution in [2.75, 3.05) is 0 Å². The summed E-state index contributed by atoms with van der Waals surface area (Å²) in [6, 6.07) is 4.98. The second-order valence-corrected chi connectivity index (χ2v) is 5.48. The van der Waals surface area contributed by atoms with Gasteiger partial charge >= 0.3 is 11.7 Å². The smallest absolute Gasteiger partial charge is 0.335 e. The summed E-state index contributed by atoms with van der Waals surface area (Å²) in [7, 11) is 0. The molecule has 0 saturated heterocycles. The monoisotopic (exact) mass is 274 g/mol. The molecule has 5 heteroatoms. The average Bonchev–Trinajstić information content (AvgIpc) is 2.61. The van der Waals surface area contributed by atoms with Gasteiger partial charge in [-0.3, -0.25) is 4.57 Å². The molecule has 0 aliphatic heterocycles. The van der Waals surface area contributed by atoms with Gasteiger partial charge in [0.05, 0.1) is 16.6 Å². The van der Waals surface area contributed by atoms with Gasteiger partial charge in [0.1, 0.15) is 0 Å². The van der Waals surface area contributed by atoms with Crippen molar-refractivity contribution in [3.05, 3.63) is 34.2 Å². The molecule has 1 aliphatic carbocycles. The normalized spacial score (nSPS) is 17.2. The third-order valence-corrected chi connectivity index (χ3v) is 4.15. The molecule has 1 heterocycles. The van der Waals surface area contributed by atoms with Crippen molar-refractivity contribution >= 4 is 17.0 Å². The molecule has 0 amide bonds. The maximum absolute atomic E-state index is 12.2. The number of hydrogen-bond donors (Lipinski definition) is 2. The maximum Gasteiger partial charge on any atom is 0.335 e. The molecule has 0 radical (unpaired) electrons. The molecule has 3 rings (SSSR count). The van der Waals surface area contributed by atoms with Crippen molar-refractivity contribution < 1.29 is 9.90 Å². The third kappa shape index (κ3) is 2.24. The van der Waals surface area contributed by atoms with Crippen LogP contribution >= 0.6 is 0 Å². The second-order valence-electron chi connectivity index (χ2n) is 5.48. The SMILES string of the molecule is O=C(O)c1ccc2[nH]c(=O)n(C3CCCCCC3)c2c1. The molecule has 0 atom stereocenters. The number of nitrogens with zero attached hydrogens (tertiary/aromatic N) is 1. The van der Waals surface area contributed by atoms with E-state index in [2.05, 4.69) is 4.98 Å². The largest absolute Gasteiger partial charge is 0.478 e. The molecule has 2 aromatic rings. The lowest BCUT2D eigenvalue weighted by Gasteiger charge is -2.16. The van der Waals surface area contributed by atoms with Crippen LogP contribution in [0.25, 0.3) is 11.0 Å². The summed E-state index contributed by atoms with van der Waals surface area (Å²) >= 11 is 0. The van der Waals surface area contributed by atoms with Gasteiger partial charge in [0.2, 0.25) is 0 Å². The topological polar surface area (TPSA) is 75.1 Å². The number of H-pyrrole nitrogens is 1. The maximum atomic E-state index is 12.2. The van der Waals surface area contributed by atoms with E-state index in [0.29, 0.717) is 11.0 Å². The highest BCUT2D eigenvalue weighted by molar-refractivity contribution is 5.92. The van der Waals surface area contributed by atoms with E-state index in [1.165, 1.54) is 18.9 Å². The molecule has 106 valence electrons. The Balaban J connectivity index is 2.12. The van der Waals surface area contributed by atoms with Crippen LogP contribution in [0.1, 0.15) is 54.9 Å². The summed E-state index contributed by atoms with van der Waals surface area (Å²) in [4.78, 5) is 26.1. The second kappa shape index (κ2) is 5.15. The predicted molar refractivity (Wildman–Crippen MR) is 76.3 cm³/mol. The van der Waals surface area contributed by atoms with E-state index in [4.69, 9.17) is 5.11 Å². The molecule has 5 nitrogen and oxygen atoms in total. The minimum Gasteiger partial charge on any atom is -0.478 e. The van der Waals surface area contributed by atoms with Crippen LogP contribution < -0.4 is 5.69 Å². The molecule has 1 aromatic heterocycles. The van der Waals surface area contributed by atoms with Gasteiger partial charge in [-0.05, 0) is 31.0 Å². The highest BCUT2D eigenvalue weighted by atomic mass is 16.4. The number of rotatable bonds is 2. The van der Waals surface area contributed by atoms with Gasteiger partial charge in [-0.1, -0.05) is 25.7 Å². The lowest BCUT2D eigenvalue weighted by Crippen LogP contribution is -2.22. The first-order chi connectivity index (χ1) is 9.66. The summed E-state index contributed by atoms with van der Waals surface area (Å²) in [6.07, 6.45) is 6.67. The Bertz CT molecular complexity index is 691. The Labute approximate surface area is 116 Å². The van der Waals surface area contributed by atoms with Crippen molar-refractivity contribution in [3.63, 3.8) is 0 Å². The van der Waals surface area contributed by atoms with Crippen LogP contribution in [0, 0.1) is 0 Å². The Kier molecular flexibility index (Phi) is 3.34. The summed E-state index contributed by atoms with van der Waals surface area (Å²) in [5.74, 6) is -0.965. The Morgan fingerprint density at radius 3 is 2.55 bits per heavy atom. The molecule has 1 aliphatic rings. The van der Waals surface area contributed by atoms with E-state index in [-0.39, 0.29) is 17.3 Å². The molecular weight excluding hydrogens is 256 g/mol. The van der Waals surface area contributed by atoms with Crippen molar-refractivity contribution in [1.29, 1.82) is 0 Å². The van der Waals surface area contributed by atoms with E-state index >= 15 is 0 Å². The molecule has 2 N–H and O–H groups in total. The van der Waals surface area contributed by atoms with Crippen LogP contribution in [0.4, 0.5) is 0 Å². The highest BCUT2D eigenvalue weighted by Gasteiger charge is 2.19. The number of imidazole rings is 1. The number of carboxylic acids is 1. The van der Waals surface area contributed by atoms with Crippen LogP contribution in [0.2, 0.25) is 0 Å². The first-order valence-electron chi connectivity index (χ1n) is 7.14. The van der Waals surface area contributed by atoms with Crippen LogP contribution in [0.15, 0.2) is 23.0 Å². The lowest BCUT2D eigenvalue weighted by atomic mass is 10.1. The fourth-order valence-corrected chi connectivity index (χ4v) is 3.13. The van der Waals surface area contributed by atoms with Gasteiger partial charge in [0, 0.05) is 6.04 Å². The minimum absolute atomic E-state index is 0.130. The number of hydrogen-bond acceptors (Lipinski definition) is 2. The molecule has 0 bridgehead atoms. The first-order valence-corrected chi connectivity index (χ1v) is 7.14. The molecule has 1 fully saturated rings. The minimum atomic E-state index is -0.965. The Morgan fingerprint density at radius 1 is 1.20 bits per heavy atom. The number of carbonyl (C=O) groups is 1. The van der Waals surface area contributed by atoms with Crippen LogP contribution in [-0.2, 0) is 0 Å². The summed E-state index contributed by atoms with van der Waals surface area (Å²) < 4.78 is 1.76. The summed E-state index contributed by atoms with van der Waals surface area (Å²) in [6.45, 7) is 0. The van der Waals surface area contributed by atoms with Gasteiger partial charge in [0.25, 0.3) is 0 Å². The fraction of sp³-hybridized carbons (Fsp3) is 0.467. The zero-order chi connectivity index (χ0) is 14.1. The summed E-state index contributed by atoms with van der Waals surface area (Å²) in [5, 5.41) is 9.10. The zero-order valence-electron chi connectivity index (χ0n) is 11.3. The molecular formula is C15H18N2O3. The number of aromatic carboxylic acids is 1. The standard InChI is InChI=1S/C15H18N2O3/c18-14(19)10-7-8-12-13(9-10)17(15(20)16-12)11-5-3-1-2-4-6-11/h7-9,11H,1-6H2,(H,16,20)(H,18,19). The Hall–Kier alpha value is -2.04. The predicted octanol–water partition coefficient (Wildman–Crippen LogP) is 2.92. The molecule has 0 spiro atoms. The average molecular weight is 274 g/mol. The van der Waals surface area contributed by atoms with Gasteiger partial charge in [-0.15, -0.1) is 0 Å². The molecule has 0 unspecified atom stereocenters. The van der Waals surface area contributed by atoms with Crippen molar-refractivity contribution in [2.24, 2.45) is 0 Å². The van der Waals surface area contributed by atoms with E-state index in [1.807, 2.05) is 0 Å². The number of fused-ring (bicyclic) bond motifs is 1. The fourth-order valence-electron chi connectivity index (χ4n) is 3.13.